The molecular weight excluding hydrogens is 200 g/mol. The molecule has 2 aliphatic carbocycles. The Kier molecular flexibility index (Phi) is 4.22. The maximum atomic E-state index is 9.27. The van der Waals surface area contributed by atoms with E-state index >= 15 is 0 Å². The molecule has 2 aliphatic rings. The SMILES string of the molecule is CNC1CCCC1CN(C)CC1CC(O)C1. The van der Waals surface area contributed by atoms with E-state index in [1.807, 2.05) is 0 Å². The van der Waals surface area contributed by atoms with Crippen molar-refractivity contribution in [1.82, 2.24) is 10.2 Å². The Balaban J connectivity index is 1.68. The summed E-state index contributed by atoms with van der Waals surface area (Å²) in [4.78, 5) is 2.47. The predicted molar refractivity (Wildman–Crippen MR) is 66.4 cm³/mol. The van der Waals surface area contributed by atoms with Crippen LogP contribution in [0.5, 0.6) is 0 Å². The summed E-state index contributed by atoms with van der Waals surface area (Å²) in [5.74, 6) is 1.58. The summed E-state index contributed by atoms with van der Waals surface area (Å²) in [5.41, 5.74) is 0. The average Bonchev–Trinajstić information content (AvgIpc) is 2.62. The van der Waals surface area contributed by atoms with Crippen LogP contribution in [0, 0.1) is 11.8 Å². The molecule has 2 atom stereocenters. The fraction of sp³-hybridized carbons (Fsp3) is 1.00. The van der Waals surface area contributed by atoms with Crippen LogP contribution >= 0.6 is 0 Å². The highest BCUT2D eigenvalue weighted by atomic mass is 16.3. The van der Waals surface area contributed by atoms with Crippen LogP contribution < -0.4 is 5.32 Å². The molecule has 3 nitrogen and oxygen atoms in total. The summed E-state index contributed by atoms with van der Waals surface area (Å²) in [5, 5.41) is 12.7. The first-order valence-electron chi connectivity index (χ1n) is 6.73. The number of hydrogen-bond donors (Lipinski definition) is 2. The van der Waals surface area contributed by atoms with Crippen LogP contribution in [0.4, 0.5) is 0 Å². The number of hydrogen-bond acceptors (Lipinski definition) is 3. The summed E-state index contributed by atoms with van der Waals surface area (Å²) in [6.45, 7) is 2.39. The molecule has 0 aromatic heterocycles. The van der Waals surface area contributed by atoms with Gasteiger partial charge in [0.2, 0.25) is 0 Å². The number of aliphatic hydroxyl groups excluding tert-OH is 1. The molecule has 3 heteroatoms. The zero-order valence-corrected chi connectivity index (χ0v) is 10.7. The molecule has 2 N–H and O–H groups in total. The van der Waals surface area contributed by atoms with Crippen LogP contribution in [0.1, 0.15) is 32.1 Å². The molecule has 2 unspecified atom stereocenters. The number of nitrogens with zero attached hydrogens (tertiary/aromatic N) is 1. The van der Waals surface area contributed by atoms with E-state index in [2.05, 4.69) is 24.3 Å². The average molecular weight is 226 g/mol. The molecule has 16 heavy (non-hydrogen) atoms. The lowest BCUT2D eigenvalue weighted by atomic mass is 9.82. The Labute approximate surface area is 99.2 Å². The van der Waals surface area contributed by atoms with Gasteiger partial charge < -0.3 is 15.3 Å². The summed E-state index contributed by atoms with van der Waals surface area (Å²) >= 11 is 0. The van der Waals surface area contributed by atoms with Crippen LogP contribution in [0.15, 0.2) is 0 Å². The van der Waals surface area contributed by atoms with Crippen molar-refractivity contribution in [3.63, 3.8) is 0 Å². The van der Waals surface area contributed by atoms with Crippen molar-refractivity contribution in [3.05, 3.63) is 0 Å². The van der Waals surface area contributed by atoms with Gasteiger partial charge in [0.05, 0.1) is 6.10 Å². The third kappa shape index (κ3) is 2.96. The van der Waals surface area contributed by atoms with Crippen LogP contribution in [0.2, 0.25) is 0 Å². The zero-order valence-electron chi connectivity index (χ0n) is 10.7. The molecule has 0 amide bonds. The first-order valence-corrected chi connectivity index (χ1v) is 6.73. The Hall–Kier alpha value is -0.120. The molecule has 94 valence electrons. The third-order valence-electron chi connectivity index (χ3n) is 4.36. The molecule has 2 rings (SSSR count). The summed E-state index contributed by atoms with van der Waals surface area (Å²) < 4.78 is 0. The molecule has 0 aromatic rings. The Morgan fingerprint density at radius 2 is 2.00 bits per heavy atom. The van der Waals surface area contributed by atoms with E-state index in [-0.39, 0.29) is 6.10 Å². The normalized spacial score (nSPS) is 39.0. The molecule has 0 heterocycles. The van der Waals surface area contributed by atoms with Gasteiger partial charge in [-0.1, -0.05) is 6.42 Å². The van der Waals surface area contributed by atoms with Gasteiger partial charge in [-0.2, -0.15) is 0 Å². The quantitative estimate of drug-likeness (QED) is 0.736. The van der Waals surface area contributed by atoms with Crippen molar-refractivity contribution < 1.29 is 5.11 Å². The Morgan fingerprint density at radius 3 is 2.62 bits per heavy atom. The fourth-order valence-electron chi connectivity index (χ4n) is 3.40. The predicted octanol–water partition coefficient (Wildman–Crippen LogP) is 1.08. The van der Waals surface area contributed by atoms with Crippen molar-refractivity contribution in [3.8, 4) is 0 Å². The topological polar surface area (TPSA) is 35.5 Å². The minimum atomic E-state index is -0.00469. The van der Waals surface area contributed by atoms with Gasteiger partial charge in [0.15, 0.2) is 0 Å². The number of rotatable bonds is 5. The third-order valence-corrected chi connectivity index (χ3v) is 4.36. The lowest BCUT2D eigenvalue weighted by Gasteiger charge is -2.35. The highest BCUT2D eigenvalue weighted by molar-refractivity contribution is 4.85. The molecule has 0 saturated heterocycles. The summed E-state index contributed by atoms with van der Waals surface area (Å²) in [7, 11) is 4.32. The minimum absolute atomic E-state index is 0.00469. The van der Waals surface area contributed by atoms with Gasteiger partial charge in [-0.25, -0.2) is 0 Å². The standard InChI is InChI=1S/C13H26N2O/c1-14-13-5-3-4-11(13)9-15(2)8-10-6-12(16)7-10/h10-14,16H,3-9H2,1-2H3. The van der Waals surface area contributed by atoms with E-state index in [4.69, 9.17) is 0 Å². The highest BCUT2D eigenvalue weighted by Gasteiger charge is 2.30. The van der Waals surface area contributed by atoms with Crippen LogP contribution in [0.3, 0.4) is 0 Å². The van der Waals surface area contributed by atoms with Crippen molar-refractivity contribution in [2.45, 2.75) is 44.2 Å². The van der Waals surface area contributed by atoms with Gasteiger partial charge >= 0.3 is 0 Å². The van der Waals surface area contributed by atoms with Crippen LogP contribution in [0.25, 0.3) is 0 Å². The van der Waals surface area contributed by atoms with E-state index < -0.39 is 0 Å². The Morgan fingerprint density at radius 1 is 1.25 bits per heavy atom. The van der Waals surface area contributed by atoms with Gasteiger partial charge in [-0.05, 0) is 51.6 Å². The number of nitrogens with one attached hydrogen (secondary N) is 1. The zero-order chi connectivity index (χ0) is 11.5. The molecule has 0 bridgehead atoms. The van der Waals surface area contributed by atoms with E-state index in [0.29, 0.717) is 0 Å². The monoisotopic (exact) mass is 226 g/mol. The second-order valence-corrected chi connectivity index (χ2v) is 5.80. The van der Waals surface area contributed by atoms with Crippen molar-refractivity contribution in [2.24, 2.45) is 11.8 Å². The second-order valence-electron chi connectivity index (χ2n) is 5.80. The van der Waals surface area contributed by atoms with Gasteiger partial charge in [0, 0.05) is 19.1 Å². The fourth-order valence-corrected chi connectivity index (χ4v) is 3.40. The van der Waals surface area contributed by atoms with Crippen molar-refractivity contribution >= 4 is 0 Å². The largest absolute Gasteiger partial charge is 0.393 e. The molecule has 0 radical (unpaired) electrons. The molecule has 2 saturated carbocycles. The molecule has 0 aromatic carbocycles. The van der Waals surface area contributed by atoms with E-state index in [1.54, 1.807) is 0 Å². The van der Waals surface area contributed by atoms with E-state index in [1.165, 1.54) is 32.4 Å². The lowest BCUT2D eigenvalue weighted by Crippen LogP contribution is -2.41. The molecule has 0 aliphatic heterocycles. The second kappa shape index (κ2) is 5.48. The van der Waals surface area contributed by atoms with Crippen molar-refractivity contribution in [1.29, 1.82) is 0 Å². The minimum Gasteiger partial charge on any atom is -0.393 e. The van der Waals surface area contributed by atoms with E-state index in [9.17, 15) is 5.11 Å². The van der Waals surface area contributed by atoms with Gasteiger partial charge in [0.25, 0.3) is 0 Å². The van der Waals surface area contributed by atoms with Gasteiger partial charge in [-0.15, -0.1) is 0 Å². The summed E-state index contributed by atoms with van der Waals surface area (Å²) in [6, 6.07) is 0.731. The van der Waals surface area contributed by atoms with Crippen molar-refractivity contribution in [2.75, 3.05) is 27.2 Å². The van der Waals surface area contributed by atoms with E-state index in [0.717, 1.165) is 30.7 Å². The molecule has 0 spiro atoms. The van der Waals surface area contributed by atoms with Crippen LogP contribution in [-0.4, -0.2) is 49.3 Å². The van der Waals surface area contributed by atoms with Crippen LogP contribution in [-0.2, 0) is 0 Å². The maximum absolute atomic E-state index is 9.27. The first-order chi connectivity index (χ1) is 7.69. The summed E-state index contributed by atoms with van der Waals surface area (Å²) in [6.07, 6.45) is 6.14. The number of aliphatic hydroxyl groups is 1. The maximum Gasteiger partial charge on any atom is 0.0546 e. The van der Waals surface area contributed by atoms with Gasteiger partial charge in [0.1, 0.15) is 0 Å². The highest BCUT2D eigenvalue weighted by Crippen LogP contribution is 2.29. The molecule has 2 fully saturated rings. The first kappa shape index (κ1) is 12.3. The van der Waals surface area contributed by atoms with Gasteiger partial charge in [-0.3, -0.25) is 0 Å². The Bertz CT molecular complexity index is 216. The smallest absolute Gasteiger partial charge is 0.0546 e. The lowest BCUT2D eigenvalue weighted by molar-refractivity contribution is 0.0260. The molecular formula is C13H26N2O.